The topological polar surface area (TPSA) is 103 Å². The van der Waals surface area contributed by atoms with Crippen molar-refractivity contribution in [3.8, 4) is 11.5 Å². The van der Waals surface area contributed by atoms with E-state index >= 15 is 0 Å². The molecular weight excluding hydrogens is 376 g/mol. The maximum Gasteiger partial charge on any atom is 0.329 e. The molecule has 0 bridgehead atoms. The summed E-state index contributed by atoms with van der Waals surface area (Å²) in [5.41, 5.74) is 1.26. The average Bonchev–Trinajstić information content (AvgIpc) is 3.20. The monoisotopic (exact) mass is 398 g/mol. The van der Waals surface area contributed by atoms with Crippen molar-refractivity contribution < 1.29 is 28.6 Å². The first-order valence-electron chi connectivity index (χ1n) is 9.16. The Labute approximate surface area is 168 Å². The summed E-state index contributed by atoms with van der Waals surface area (Å²) in [6, 6.07) is 13.0. The number of fused-ring (bicyclic) bond motifs is 1. The molecule has 2 atom stereocenters. The first kappa shape index (κ1) is 20.2. The third-order valence-electron chi connectivity index (χ3n) is 4.30. The number of carbonyl (C=O) groups is 3. The van der Waals surface area contributed by atoms with Gasteiger partial charge in [0.15, 0.2) is 17.6 Å². The summed E-state index contributed by atoms with van der Waals surface area (Å²) in [5, 5.41) is 5.25. The summed E-state index contributed by atoms with van der Waals surface area (Å²) in [5.74, 6) is -0.249. The van der Waals surface area contributed by atoms with Crippen LogP contribution in [-0.2, 0) is 20.9 Å². The molecule has 2 amide bonds. The van der Waals surface area contributed by atoms with Crippen LogP contribution >= 0.6 is 0 Å². The SMILES string of the molecule is C[C@H](NC(=O)c1ccccc1)C(=O)O[C@@H](C)C(=O)NCc1ccc2c(c1)OCO2. The molecule has 8 nitrogen and oxygen atoms in total. The van der Waals surface area contributed by atoms with Gasteiger partial charge in [-0.2, -0.15) is 0 Å². The van der Waals surface area contributed by atoms with Gasteiger partial charge >= 0.3 is 5.97 Å². The van der Waals surface area contributed by atoms with Crippen molar-refractivity contribution in [3.63, 3.8) is 0 Å². The highest BCUT2D eigenvalue weighted by Crippen LogP contribution is 2.32. The number of carbonyl (C=O) groups excluding carboxylic acids is 3. The van der Waals surface area contributed by atoms with E-state index in [2.05, 4.69) is 10.6 Å². The fourth-order valence-corrected chi connectivity index (χ4v) is 2.64. The Morgan fingerprint density at radius 2 is 1.76 bits per heavy atom. The van der Waals surface area contributed by atoms with E-state index in [1.807, 2.05) is 6.07 Å². The van der Waals surface area contributed by atoms with Crippen LogP contribution in [0.1, 0.15) is 29.8 Å². The zero-order valence-electron chi connectivity index (χ0n) is 16.1. The largest absolute Gasteiger partial charge is 0.454 e. The molecule has 0 saturated carbocycles. The van der Waals surface area contributed by atoms with Crippen LogP contribution in [0.5, 0.6) is 11.5 Å². The van der Waals surface area contributed by atoms with E-state index in [-0.39, 0.29) is 13.3 Å². The van der Waals surface area contributed by atoms with Gasteiger partial charge in [0.1, 0.15) is 6.04 Å². The minimum absolute atomic E-state index is 0.178. The van der Waals surface area contributed by atoms with Crippen molar-refractivity contribution in [1.29, 1.82) is 0 Å². The Bertz CT molecular complexity index is 899. The van der Waals surface area contributed by atoms with Gasteiger partial charge in [-0.3, -0.25) is 9.59 Å². The van der Waals surface area contributed by atoms with Crippen LogP contribution in [0.25, 0.3) is 0 Å². The molecule has 29 heavy (non-hydrogen) atoms. The van der Waals surface area contributed by atoms with E-state index in [9.17, 15) is 14.4 Å². The van der Waals surface area contributed by atoms with Gasteiger partial charge in [-0.25, -0.2) is 4.79 Å². The number of rotatable bonds is 7. The van der Waals surface area contributed by atoms with E-state index in [1.54, 1.807) is 42.5 Å². The van der Waals surface area contributed by atoms with Crippen LogP contribution in [0, 0.1) is 0 Å². The highest BCUT2D eigenvalue weighted by atomic mass is 16.7. The van der Waals surface area contributed by atoms with Crippen LogP contribution in [0.3, 0.4) is 0 Å². The molecule has 1 aliphatic heterocycles. The number of amides is 2. The van der Waals surface area contributed by atoms with Crippen LogP contribution in [0.4, 0.5) is 0 Å². The Morgan fingerprint density at radius 3 is 2.52 bits per heavy atom. The number of benzene rings is 2. The van der Waals surface area contributed by atoms with E-state index in [1.165, 1.54) is 13.8 Å². The summed E-state index contributed by atoms with van der Waals surface area (Å²) < 4.78 is 15.7. The highest BCUT2D eigenvalue weighted by Gasteiger charge is 2.23. The predicted octanol–water partition coefficient (Wildman–Crippen LogP) is 1.78. The lowest BCUT2D eigenvalue weighted by Gasteiger charge is -2.17. The summed E-state index contributed by atoms with van der Waals surface area (Å²) in [6.07, 6.45) is -1.01. The van der Waals surface area contributed by atoms with Crippen LogP contribution in [0.2, 0.25) is 0 Å². The van der Waals surface area contributed by atoms with Crippen molar-refractivity contribution in [2.75, 3.05) is 6.79 Å². The molecule has 0 saturated heterocycles. The van der Waals surface area contributed by atoms with Crippen LogP contribution in [0.15, 0.2) is 48.5 Å². The number of hydrogen-bond acceptors (Lipinski definition) is 6. The minimum atomic E-state index is -1.01. The van der Waals surface area contributed by atoms with Gasteiger partial charge in [-0.05, 0) is 43.7 Å². The molecule has 2 aromatic carbocycles. The van der Waals surface area contributed by atoms with Gasteiger partial charge in [0.05, 0.1) is 0 Å². The molecule has 0 radical (unpaired) electrons. The zero-order valence-corrected chi connectivity index (χ0v) is 16.1. The normalized spacial score (nSPS) is 13.9. The molecule has 1 heterocycles. The van der Waals surface area contributed by atoms with E-state index in [0.29, 0.717) is 17.1 Å². The Kier molecular flexibility index (Phi) is 6.33. The molecule has 0 unspecified atom stereocenters. The van der Waals surface area contributed by atoms with Gasteiger partial charge in [0.25, 0.3) is 11.8 Å². The molecule has 3 rings (SSSR count). The summed E-state index contributed by atoms with van der Waals surface area (Å²) in [4.78, 5) is 36.5. The number of nitrogens with one attached hydrogen (secondary N) is 2. The lowest BCUT2D eigenvalue weighted by atomic mass is 10.2. The molecule has 0 aromatic heterocycles. The molecule has 1 aliphatic rings. The Morgan fingerprint density at radius 1 is 1.03 bits per heavy atom. The summed E-state index contributed by atoms with van der Waals surface area (Å²) in [6.45, 7) is 3.40. The van der Waals surface area contributed by atoms with Crippen molar-refractivity contribution in [1.82, 2.24) is 10.6 Å². The Hall–Kier alpha value is -3.55. The number of esters is 1. The quantitative estimate of drug-likeness (QED) is 0.690. The van der Waals surface area contributed by atoms with Gasteiger partial charge in [-0.15, -0.1) is 0 Å². The second kappa shape index (κ2) is 9.09. The molecule has 2 aromatic rings. The lowest BCUT2D eigenvalue weighted by molar-refractivity contribution is -0.156. The lowest BCUT2D eigenvalue weighted by Crippen LogP contribution is -2.43. The molecule has 152 valence electrons. The highest BCUT2D eigenvalue weighted by molar-refractivity contribution is 5.96. The maximum atomic E-state index is 12.2. The Balaban J connectivity index is 1.45. The molecule has 8 heteroatoms. The molecular formula is C21H22N2O6. The van der Waals surface area contributed by atoms with E-state index < -0.39 is 29.9 Å². The predicted molar refractivity (Wildman–Crippen MR) is 103 cm³/mol. The second-order valence-corrected chi connectivity index (χ2v) is 6.55. The standard InChI is InChI=1S/C21H22N2O6/c1-13(23-20(25)16-6-4-3-5-7-16)21(26)29-14(2)19(24)22-11-15-8-9-17-18(10-15)28-12-27-17/h3-10,13-14H,11-12H2,1-2H3,(H,22,24)(H,23,25)/t13-,14-/m0/s1. The van der Waals surface area contributed by atoms with Gasteiger partial charge in [0.2, 0.25) is 6.79 Å². The third-order valence-corrected chi connectivity index (χ3v) is 4.30. The zero-order chi connectivity index (χ0) is 20.8. The fraction of sp³-hybridized carbons (Fsp3) is 0.286. The van der Waals surface area contributed by atoms with Crippen molar-refractivity contribution in [2.24, 2.45) is 0 Å². The number of ether oxygens (including phenoxy) is 3. The van der Waals surface area contributed by atoms with Gasteiger partial charge in [-0.1, -0.05) is 24.3 Å². The summed E-state index contributed by atoms with van der Waals surface area (Å²) >= 11 is 0. The van der Waals surface area contributed by atoms with Crippen molar-refractivity contribution >= 4 is 17.8 Å². The van der Waals surface area contributed by atoms with Crippen molar-refractivity contribution in [3.05, 3.63) is 59.7 Å². The minimum Gasteiger partial charge on any atom is -0.454 e. The molecule has 0 aliphatic carbocycles. The first-order chi connectivity index (χ1) is 13.9. The summed E-state index contributed by atoms with van der Waals surface area (Å²) in [7, 11) is 0. The van der Waals surface area contributed by atoms with E-state index in [0.717, 1.165) is 5.56 Å². The smallest absolute Gasteiger partial charge is 0.329 e. The fourth-order valence-electron chi connectivity index (χ4n) is 2.64. The number of hydrogen-bond donors (Lipinski definition) is 2. The molecule has 0 fully saturated rings. The molecule has 0 spiro atoms. The first-order valence-corrected chi connectivity index (χ1v) is 9.16. The maximum absolute atomic E-state index is 12.2. The van der Waals surface area contributed by atoms with Gasteiger partial charge in [0, 0.05) is 12.1 Å². The van der Waals surface area contributed by atoms with Crippen molar-refractivity contribution in [2.45, 2.75) is 32.5 Å². The molecule has 2 N–H and O–H groups in total. The van der Waals surface area contributed by atoms with E-state index in [4.69, 9.17) is 14.2 Å². The van der Waals surface area contributed by atoms with Crippen LogP contribution < -0.4 is 20.1 Å². The van der Waals surface area contributed by atoms with Gasteiger partial charge < -0.3 is 24.8 Å². The second-order valence-electron chi connectivity index (χ2n) is 6.55. The third kappa shape index (κ3) is 5.25. The average molecular weight is 398 g/mol. The van der Waals surface area contributed by atoms with Crippen LogP contribution in [-0.4, -0.2) is 36.7 Å².